The molecule has 110 valence electrons. The molecule has 0 atom stereocenters. The van der Waals surface area contributed by atoms with Crippen LogP contribution in [-0.4, -0.2) is 30.2 Å². The molecule has 0 bridgehead atoms. The van der Waals surface area contributed by atoms with E-state index in [0.717, 1.165) is 29.5 Å². The summed E-state index contributed by atoms with van der Waals surface area (Å²) in [6.45, 7) is 0.788. The van der Waals surface area contributed by atoms with E-state index in [0.29, 0.717) is 6.04 Å². The smallest absolute Gasteiger partial charge is 0.151 e. The third-order valence-corrected chi connectivity index (χ3v) is 3.63. The predicted octanol–water partition coefficient (Wildman–Crippen LogP) is 2.51. The van der Waals surface area contributed by atoms with Crippen molar-refractivity contribution in [2.45, 2.75) is 25.4 Å². The van der Waals surface area contributed by atoms with E-state index in [1.807, 2.05) is 42.4 Å². The number of anilines is 2. The molecule has 1 aliphatic carbocycles. The molecule has 1 saturated carbocycles. The van der Waals surface area contributed by atoms with Crippen molar-refractivity contribution in [3.8, 4) is 5.75 Å². The van der Waals surface area contributed by atoms with Gasteiger partial charge in [0.15, 0.2) is 5.82 Å². The fourth-order valence-electron chi connectivity index (χ4n) is 2.18. The molecule has 3 rings (SSSR count). The Balaban J connectivity index is 1.72. The van der Waals surface area contributed by atoms with Crippen molar-refractivity contribution in [3.63, 3.8) is 0 Å². The SMILES string of the molecule is COc1ccccc1N(C)c1cnc(CNC2CC2)cn1. The van der Waals surface area contributed by atoms with Gasteiger partial charge in [-0.05, 0) is 25.0 Å². The van der Waals surface area contributed by atoms with Crippen LogP contribution in [0.15, 0.2) is 36.7 Å². The van der Waals surface area contributed by atoms with Crippen LogP contribution in [-0.2, 0) is 6.54 Å². The van der Waals surface area contributed by atoms with Crippen molar-refractivity contribution < 1.29 is 4.74 Å². The molecule has 1 fully saturated rings. The van der Waals surface area contributed by atoms with E-state index in [4.69, 9.17) is 4.74 Å². The first-order valence-electron chi connectivity index (χ1n) is 7.19. The van der Waals surface area contributed by atoms with E-state index in [1.54, 1.807) is 13.3 Å². The number of benzene rings is 1. The van der Waals surface area contributed by atoms with Crippen LogP contribution in [0.4, 0.5) is 11.5 Å². The summed E-state index contributed by atoms with van der Waals surface area (Å²) in [7, 11) is 3.63. The maximum atomic E-state index is 5.38. The molecule has 0 unspecified atom stereocenters. The maximum absolute atomic E-state index is 5.38. The van der Waals surface area contributed by atoms with Gasteiger partial charge in [-0.2, -0.15) is 0 Å². The summed E-state index contributed by atoms with van der Waals surface area (Å²) < 4.78 is 5.38. The summed E-state index contributed by atoms with van der Waals surface area (Å²) in [5.41, 5.74) is 1.94. The van der Waals surface area contributed by atoms with Crippen LogP contribution in [0.25, 0.3) is 0 Å². The van der Waals surface area contributed by atoms with Crippen LogP contribution in [0.3, 0.4) is 0 Å². The standard InChI is InChI=1S/C16H20N4O/c1-20(14-5-3-4-6-15(14)21-2)16-11-18-13(10-19-16)9-17-12-7-8-12/h3-6,10-12,17H,7-9H2,1-2H3. The Hall–Kier alpha value is -2.14. The molecule has 0 amide bonds. The number of rotatable bonds is 6. The Morgan fingerprint density at radius 1 is 1.24 bits per heavy atom. The van der Waals surface area contributed by atoms with Gasteiger partial charge in [-0.15, -0.1) is 0 Å². The second-order valence-corrected chi connectivity index (χ2v) is 5.25. The van der Waals surface area contributed by atoms with Crippen molar-refractivity contribution in [2.24, 2.45) is 0 Å². The van der Waals surface area contributed by atoms with Gasteiger partial charge in [-0.25, -0.2) is 4.98 Å². The number of nitrogens with zero attached hydrogens (tertiary/aromatic N) is 3. The molecule has 1 heterocycles. The average molecular weight is 284 g/mol. The van der Waals surface area contributed by atoms with E-state index >= 15 is 0 Å². The average Bonchev–Trinajstić information content (AvgIpc) is 3.37. The van der Waals surface area contributed by atoms with Gasteiger partial charge in [0.05, 0.1) is 30.9 Å². The largest absolute Gasteiger partial charge is 0.495 e. The van der Waals surface area contributed by atoms with E-state index in [2.05, 4.69) is 15.3 Å². The van der Waals surface area contributed by atoms with Crippen LogP contribution in [0, 0.1) is 0 Å². The molecule has 0 spiro atoms. The van der Waals surface area contributed by atoms with E-state index in [9.17, 15) is 0 Å². The van der Waals surface area contributed by atoms with Gasteiger partial charge in [0.2, 0.25) is 0 Å². The molecular formula is C16H20N4O. The quantitative estimate of drug-likeness (QED) is 0.883. The summed E-state index contributed by atoms with van der Waals surface area (Å²) in [6.07, 6.45) is 6.19. The monoisotopic (exact) mass is 284 g/mol. The summed E-state index contributed by atoms with van der Waals surface area (Å²) in [6, 6.07) is 8.56. The molecule has 1 N–H and O–H groups in total. The molecule has 5 heteroatoms. The Morgan fingerprint density at radius 2 is 2.05 bits per heavy atom. The molecule has 1 aromatic heterocycles. The van der Waals surface area contributed by atoms with Crippen molar-refractivity contribution in [1.82, 2.24) is 15.3 Å². The molecule has 21 heavy (non-hydrogen) atoms. The highest BCUT2D eigenvalue weighted by atomic mass is 16.5. The summed E-state index contributed by atoms with van der Waals surface area (Å²) in [4.78, 5) is 10.9. The number of methoxy groups -OCH3 is 1. The zero-order valence-corrected chi connectivity index (χ0v) is 12.4. The number of hydrogen-bond acceptors (Lipinski definition) is 5. The van der Waals surface area contributed by atoms with Crippen molar-refractivity contribution in [2.75, 3.05) is 19.1 Å². The molecule has 0 radical (unpaired) electrons. The molecule has 1 aromatic carbocycles. The molecule has 2 aromatic rings. The number of aromatic nitrogens is 2. The first-order chi connectivity index (χ1) is 10.3. The summed E-state index contributed by atoms with van der Waals surface area (Å²) >= 11 is 0. The highest BCUT2D eigenvalue weighted by Crippen LogP contribution is 2.30. The van der Waals surface area contributed by atoms with Gasteiger partial charge in [0, 0.05) is 19.6 Å². The van der Waals surface area contributed by atoms with Gasteiger partial charge >= 0.3 is 0 Å². The molecule has 1 aliphatic rings. The number of hydrogen-bond donors (Lipinski definition) is 1. The van der Waals surface area contributed by atoms with Crippen LogP contribution in [0.2, 0.25) is 0 Å². The lowest BCUT2D eigenvalue weighted by molar-refractivity contribution is 0.415. The zero-order chi connectivity index (χ0) is 14.7. The maximum Gasteiger partial charge on any atom is 0.151 e. The predicted molar refractivity (Wildman–Crippen MR) is 83.0 cm³/mol. The van der Waals surface area contributed by atoms with Crippen molar-refractivity contribution in [1.29, 1.82) is 0 Å². The van der Waals surface area contributed by atoms with Crippen LogP contribution < -0.4 is 15.0 Å². The fourth-order valence-corrected chi connectivity index (χ4v) is 2.18. The molecular weight excluding hydrogens is 264 g/mol. The number of nitrogens with one attached hydrogen (secondary N) is 1. The van der Waals surface area contributed by atoms with Crippen molar-refractivity contribution >= 4 is 11.5 Å². The van der Waals surface area contributed by atoms with Gasteiger partial charge in [0.25, 0.3) is 0 Å². The van der Waals surface area contributed by atoms with Crippen LogP contribution >= 0.6 is 0 Å². The lowest BCUT2D eigenvalue weighted by Gasteiger charge is -2.20. The highest BCUT2D eigenvalue weighted by Gasteiger charge is 2.20. The summed E-state index contributed by atoms with van der Waals surface area (Å²) in [5.74, 6) is 1.62. The number of para-hydroxylation sites is 2. The fraction of sp³-hybridized carbons (Fsp3) is 0.375. The Morgan fingerprint density at radius 3 is 2.71 bits per heavy atom. The van der Waals surface area contributed by atoms with Crippen LogP contribution in [0.1, 0.15) is 18.5 Å². The van der Waals surface area contributed by atoms with E-state index in [1.165, 1.54) is 12.8 Å². The molecule has 0 saturated heterocycles. The minimum atomic E-state index is 0.683. The third kappa shape index (κ3) is 3.31. The second kappa shape index (κ2) is 6.10. The van der Waals surface area contributed by atoms with Crippen molar-refractivity contribution in [3.05, 3.63) is 42.4 Å². The lowest BCUT2D eigenvalue weighted by Crippen LogP contribution is -2.17. The minimum Gasteiger partial charge on any atom is -0.495 e. The Bertz CT molecular complexity index is 595. The highest BCUT2D eigenvalue weighted by molar-refractivity contribution is 5.65. The second-order valence-electron chi connectivity index (χ2n) is 5.25. The zero-order valence-electron chi connectivity index (χ0n) is 12.4. The molecule has 5 nitrogen and oxygen atoms in total. The lowest BCUT2D eigenvalue weighted by atomic mass is 10.2. The first kappa shape index (κ1) is 13.8. The topological polar surface area (TPSA) is 50.3 Å². The number of ether oxygens (including phenoxy) is 1. The van der Waals surface area contributed by atoms with Gasteiger partial charge < -0.3 is 15.0 Å². The van der Waals surface area contributed by atoms with E-state index < -0.39 is 0 Å². The van der Waals surface area contributed by atoms with Gasteiger partial charge in [-0.1, -0.05) is 12.1 Å². The van der Waals surface area contributed by atoms with E-state index in [-0.39, 0.29) is 0 Å². The van der Waals surface area contributed by atoms with Gasteiger partial charge in [0.1, 0.15) is 5.75 Å². The van der Waals surface area contributed by atoms with Gasteiger partial charge in [-0.3, -0.25) is 4.98 Å². The van der Waals surface area contributed by atoms with Crippen LogP contribution in [0.5, 0.6) is 5.75 Å². The Kier molecular flexibility index (Phi) is 4.01. The minimum absolute atomic E-state index is 0.683. The third-order valence-electron chi connectivity index (χ3n) is 3.63. The normalized spacial score (nSPS) is 14.0. The summed E-state index contributed by atoms with van der Waals surface area (Å²) in [5, 5.41) is 3.44. The Labute approximate surface area is 125 Å². The molecule has 0 aliphatic heterocycles. The first-order valence-corrected chi connectivity index (χ1v) is 7.19.